The molecule has 0 unspecified atom stereocenters. The molecule has 0 amide bonds. The molecule has 0 N–H and O–H groups in total. The number of hydrogen-bond acceptors (Lipinski definition) is 7. The largest absolute Gasteiger partial charge is 0.490 e. The van der Waals surface area contributed by atoms with E-state index in [2.05, 4.69) is 21.7 Å². The maximum atomic E-state index is 12.0. The van der Waals surface area contributed by atoms with Gasteiger partial charge in [-0.3, -0.25) is 4.98 Å². The van der Waals surface area contributed by atoms with Crippen LogP contribution < -0.4 is 4.74 Å². The summed E-state index contributed by atoms with van der Waals surface area (Å²) in [6.45, 7) is 4.27. The monoisotopic (exact) mass is 365 g/mol. The summed E-state index contributed by atoms with van der Waals surface area (Å²) < 4.78 is 15.8. The molecule has 3 aromatic rings. The normalized spacial score (nSPS) is 10.4. The second kappa shape index (κ2) is 9.28. The van der Waals surface area contributed by atoms with Crippen molar-refractivity contribution in [1.82, 2.24) is 15.1 Å². The lowest BCUT2D eigenvalue weighted by atomic mass is 10.2. The van der Waals surface area contributed by atoms with Crippen molar-refractivity contribution < 1.29 is 18.8 Å². The van der Waals surface area contributed by atoms with Crippen LogP contribution in [0.15, 0.2) is 66.0 Å². The highest BCUT2D eigenvalue weighted by Gasteiger charge is 2.10. The van der Waals surface area contributed by atoms with Crippen molar-refractivity contribution >= 4 is 5.97 Å². The van der Waals surface area contributed by atoms with Gasteiger partial charge in [-0.1, -0.05) is 17.8 Å². The van der Waals surface area contributed by atoms with Crippen LogP contribution in [-0.4, -0.2) is 34.3 Å². The van der Waals surface area contributed by atoms with Crippen LogP contribution in [0.3, 0.4) is 0 Å². The summed E-state index contributed by atoms with van der Waals surface area (Å²) in [6, 6.07) is 10.4. The minimum absolute atomic E-state index is 0.262. The van der Waals surface area contributed by atoms with Crippen molar-refractivity contribution in [3.8, 4) is 17.1 Å². The van der Waals surface area contributed by atoms with E-state index >= 15 is 0 Å². The van der Waals surface area contributed by atoms with Gasteiger partial charge in [0.2, 0.25) is 11.7 Å². The molecule has 0 aliphatic heterocycles. The van der Waals surface area contributed by atoms with E-state index in [1.807, 2.05) is 12.1 Å². The number of aryl methyl sites for hydroxylation is 1. The van der Waals surface area contributed by atoms with Gasteiger partial charge in [-0.15, -0.1) is 0 Å². The summed E-state index contributed by atoms with van der Waals surface area (Å²) in [5, 5.41) is 3.93. The molecule has 0 atom stereocenters. The second-order valence-corrected chi connectivity index (χ2v) is 5.62. The molecule has 138 valence electrons. The Balaban J connectivity index is 1.43. The highest BCUT2D eigenvalue weighted by molar-refractivity contribution is 5.89. The lowest BCUT2D eigenvalue weighted by Crippen LogP contribution is -2.07. The fraction of sp³-hybridized carbons (Fsp3) is 0.200. The number of nitrogens with zero attached hydrogens (tertiary/aromatic N) is 3. The summed E-state index contributed by atoms with van der Waals surface area (Å²) in [6.07, 6.45) is 6.12. The topological polar surface area (TPSA) is 87.3 Å². The molecule has 0 saturated carbocycles. The van der Waals surface area contributed by atoms with E-state index in [0.717, 1.165) is 5.56 Å². The Kier molecular flexibility index (Phi) is 6.30. The zero-order valence-corrected chi connectivity index (χ0v) is 14.7. The quantitative estimate of drug-likeness (QED) is 0.326. The highest BCUT2D eigenvalue weighted by atomic mass is 16.5. The zero-order chi connectivity index (χ0) is 18.9. The Labute approximate surface area is 156 Å². The van der Waals surface area contributed by atoms with Crippen LogP contribution in [0.5, 0.6) is 5.75 Å². The Hall–Kier alpha value is -3.48. The van der Waals surface area contributed by atoms with Crippen molar-refractivity contribution in [2.45, 2.75) is 12.8 Å². The molecule has 2 aromatic heterocycles. The Morgan fingerprint density at radius 2 is 2.07 bits per heavy atom. The predicted molar refractivity (Wildman–Crippen MR) is 98.3 cm³/mol. The van der Waals surface area contributed by atoms with E-state index in [4.69, 9.17) is 14.0 Å². The van der Waals surface area contributed by atoms with E-state index in [1.54, 1.807) is 42.7 Å². The van der Waals surface area contributed by atoms with Gasteiger partial charge >= 0.3 is 5.97 Å². The van der Waals surface area contributed by atoms with Crippen molar-refractivity contribution in [2.24, 2.45) is 0 Å². The van der Waals surface area contributed by atoms with E-state index in [1.165, 1.54) is 0 Å². The van der Waals surface area contributed by atoms with E-state index in [0.29, 0.717) is 42.5 Å². The zero-order valence-electron chi connectivity index (χ0n) is 14.7. The maximum Gasteiger partial charge on any atom is 0.338 e. The molecule has 27 heavy (non-hydrogen) atoms. The summed E-state index contributed by atoms with van der Waals surface area (Å²) in [5.41, 5.74) is 1.26. The number of pyridine rings is 1. The van der Waals surface area contributed by atoms with Gasteiger partial charge in [-0.25, -0.2) is 4.79 Å². The number of benzene rings is 1. The van der Waals surface area contributed by atoms with Gasteiger partial charge in [0.05, 0.1) is 12.2 Å². The molecule has 7 nitrogen and oxygen atoms in total. The molecule has 0 spiro atoms. The number of esters is 1. The van der Waals surface area contributed by atoms with Gasteiger partial charge in [0.1, 0.15) is 12.4 Å². The molecule has 0 radical (unpaired) electrons. The smallest absolute Gasteiger partial charge is 0.338 e. The van der Waals surface area contributed by atoms with Crippen LogP contribution in [0.1, 0.15) is 22.7 Å². The van der Waals surface area contributed by atoms with Crippen LogP contribution in [0.25, 0.3) is 11.4 Å². The fourth-order valence-corrected chi connectivity index (χ4v) is 2.28. The lowest BCUT2D eigenvalue weighted by molar-refractivity contribution is 0.0498. The molecular weight excluding hydrogens is 346 g/mol. The fourth-order valence-electron chi connectivity index (χ4n) is 2.28. The Morgan fingerprint density at radius 1 is 1.22 bits per heavy atom. The molecule has 0 saturated heterocycles. The molecule has 1 aromatic carbocycles. The SMILES string of the molecule is C=CCOc1ccc(C(=O)OCCCc2nc(-c3cccnc3)no2)cc1. The van der Waals surface area contributed by atoms with Gasteiger partial charge in [-0.2, -0.15) is 4.98 Å². The second-order valence-electron chi connectivity index (χ2n) is 5.62. The van der Waals surface area contributed by atoms with Crippen molar-refractivity contribution in [3.05, 3.63) is 72.9 Å². The highest BCUT2D eigenvalue weighted by Crippen LogP contribution is 2.15. The Morgan fingerprint density at radius 3 is 2.81 bits per heavy atom. The summed E-state index contributed by atoms with van der Waals surface area (Å²) >= 11 is 0. The number of hydrogen-bond donors (Lipinski definition) is 0. The molecule has 0 aliphatic rings. The number of carbonyl (C=O) groups excluding carboxylic acids is 1. The minimum Gasteiger partial charge on any atom is -0.490 e. The van der Waals surface area contributed by atoms with E-state index < -0.39 is 0 Å². The van der Waals surface area contributed by atoms with Crippen LogP contribution in [0, 0.1) is 0 Å². The predicted octanol–water partition coefficient (Wildman–Crippen LogP) is 3.49. The minimum atomic E-state index is -0.383. The first kappa shape index (κ1) is 18.3. The lowest BCUT2D eigenvalue weighted by Gasteiger charge is -2.06. The summed E-state index contributed by atoms with van der Waals surface area (Å²) in [4.78, 5) is 20.4. The summed E-state index contributed by atoms with van der Waals surface area (Å²) in [5.74, 6) is 1.28. The van der Waals surface area contributed by atoms with E-state index in [-0.39, 0.29) is 12.6 Å². The number of rotatable bonds is 9. The van der Waals surface area contributed by atoms with Crippen LogP contribution in [0.4, 0.5) is 0 Å². The standard InChI is InChI=1S/C20H19N3O4/c1-2-12-25-17-9-7-15(8-10-17)20(24)26-13-4-6-18-22-19(23-27-18)16-5-3-11-21-14-16/h2-3,5,7-11,14H,1,4,6,12-13H2. The third-order valence-corrected chi connectivity index (χ3v) is 3.61. The first-order valence-corrected chi connectivity index (χ1v) is 8.50. The van der Waals surface area contributed by atoms with Crippen LogP contribution in [-0.2, 0) is 11.2 Å². The third-order valence-electron chi connectivity index (χ3n) is 3.61. The first-order chi connectivity index (χ1) is 13.3. The third kappa shape index (κ3) is 5.24. The van der Waals surface area contributed by atoms with Crippen molar-refractivity contribution in [3.63, 3.8) is 0 Å². The van der Waals surface area contributed by atoms with Crippen molar-refractivity contribution in [2.75, 3.05) is 13.2 Å². The van der Waals surface area contributed by atoms with Crippen LogP contribution >= 0.6 is 0 Å². The molecule has 3 rings (SSSR count). The molecule has 7 heteroatoms. The van der Waals surface area contributed by atoms with E-state index in [9.17, 15) is 4.79 Å². The Bertz CT molecular complexity index is 876. The number of aromatic nitrogens is 3. The maximum absolute atomic E-state index is 12.0. The number of carbonyl (C=O) groups is 1. The molecule has 0 fully saturated rings. The molecule has 2 heterocycles. The molecule has 0 aliphatic carbocycles. The van der Waals surface area contributed by atoms with Gasteiger partial charge in [-0.05, 0) is 42.8 Å². The van der Waals surface area contributed by atoms with Gasteiger partial charge in [0.15, 0.2) is 0 Å². The average Bonchev–Trinajstić information content (AvgIpc) is 3.19. The van der Waals surface area contributed by atoms with Crippen LogP contribution in [0.2, 0.25) is 0 Å². The van der Waals surface area contributed by atoms with Gasteiger partial charge < -0.3 is 14.0 Å². The van der Waals surface area contributed by atoms with Gasteiger partial charge in [0.25, 0.3) is 0 Å². The molecule has 0 bridgehead atoms. The number of ether oxygens (including phenoxy) is 2. The summed E-state index contributed by atoms with van der Waals surface area (Å²) in [7, 11) is 0. The average molecular weight is 365 g/mol. The van der Waals surface area contributed by atoms with Gasteiger partial charge in [0, 0.05) is 24.4 Å². The molecular formula is C20H19N3O4. The van der Waals surface area contributed by atoms with Crippen molar-refractivity contribution in [1.29, 1.82) is 0 Å². The first-order valence-electron chi connectivity index (χ1n) is 8.50.